The molecular formula is C18H18FN3OS. The van der Waals surface area contributed by atoms with E-state index in [0.717, 1.165) is 27.0 Å². The van der Waals surface area contributed by atoms with Crippen LogP contribution < -0.4 is 5.32 Å². The molecule has 0 fully saturated rings. The molecule has 24 heavy (non-hydrogen) atoms. The van der Waals surface area contributed by atoms with Crippen LogP contribution in [0.1, 0.15) is 37.9 Å². The molecule has 0 radical (unpaired) electrons. The number of aromatic nitrogens is 2. The molecule has 1 amide bonds. The van der Waals surface area contributed by atoms with Crippen molar-refractivity contribution in [3.8, 4) is 0 Å². The number of amides is 1. The van der Waals surface area contributed by atoms with Gasteiger partial charge < -0.3 is 5.32 Å². The molecule has 0 aliphatic carbocycles. The molecule has 0 aliphatic rings. The first-order valence-corrected chi connectivity index (χ1v) is 8.46. The molecule has 0 saturated carbocycles. The molecule has 0 aliphatic heterocycles. The van der Waals surface area contributed by atoms with E-state index in [4.69, 9.17) is 0 Å². The summed E-state index contributed by atoms with van der Waals surface area (Å²) in [4.78, 5) is 22.8. The predicted octanol–water partition coefficient (Wildman–Crippen LogP) is 3.99. The highest BCUT2D eigenvalue weighted by Gasteiger charge is 2.18. The van der Waals surface area contributed by atoms with Crippen LogP contribution in [0.15, 0.2) is 18.2 Å². The normalized spacial score (nSPS) is 11.0. The summed E-state index contributed by atoms with van der Waals surface area (Å²) >= 11 is 1.38. The summed E-state index contributed by atoms with van der Waals surface area (Å²) in [6, 6.07) is 4.84. The molecule has 6 heteroatoms. The maximum absolute atomic E-state index is 13.3. The van der Waals surface area contributed by atoms with E-state index in [-0.39, 0.29) is 11.7 Å². The first kappa shape index (κ1) is 16.5. The van der Waals surface area contributed by atoms with Crippen molar-refractivity contribution in [2.75, 3.05) is 0 Å². The smallest absolute Gasteiger partial charge is 0.261 e. The van der Waals surface area contributed by atoms with E-state index in [1.807, 2.05) is 20.8 Å². The molecule has 0 spiro atoms. The highest BCUT2D eigenvalue weighted by atomic mass is 32.1. The molecule has 0 atom stereocenters. The highest BCUT2D eigenvalue weighted by Crippen LogP contribution is 2.31. The van der Waals surface area contributed by atoms with Gasteiger partial charge in [-0.1, -0.05) is 12.1 Å². The van der Waals surface area contributed by atoms with Crippen molar-refractivity contribution in [1.82, 2.24) is 15.3 Å². The SMILES string of the molecule is Cc1nc(C)c2c(C)c(C(=O)NCc3ccc(F)c(C)c3)sc2n1. The zero-order valence-electron chi connectivity index (χ0n) is 14.0. The van der Waals surface area contributed by atoms with Crippen LogP contribution in [-0.2, 0) is 6.54 Å². The quantitative estimate of drug-likeness (QED) is 0.782. The molecule has 2 heterocycles. The molecule has 0 saturated heterocycles. The lowest BCUT2D eigenvalue weighted by Crippen LogP contribution is -2.22. The van der Waals surface area contributed by atoms with E-state index >= 15 is 0 Å². The van der Waals surface area contributed by atoms with Gasteiger partial charge in [-0.25, -0.2) is 14.4 Å². The van der Waals surface area contributed by atoms with Crippen LogP contribution in [0.3, 0.4) is 0 Å². The molecule has 2 aromatic heterocycles. The van der Waals surface area contributed by atoms with Crippen molar-refractivity contribution in [2.24, 2.45) is 0 Å². The fraction of sp³-hybridized carbons (Fsp3) is 0.278. The first-order valence-electron chi connectivity index (χ1n) is 7.64. The summed E-state index contributed by atoms with van der Waals surface area (Å²) in [5.41, 5.74) is 3.23. The number of nitrogens with one attached hydrogen (secondary N) is 1. The number of benzene rings is 1. The number of thiophene rings is 1. The Morgan fingerprint density at radius 1 is 1.21 bits per heavy atom. The minimum atomic E-state index is -0.241. The summed E-state index contributed by atoms with van der Waals surface area (Å²) in [6.45, 7) is 7.76. The zero-order chi connectivity index (χ0) is 17.4. The Bertz CT molecular complexity index is 949. The van der Waals surface area contributed by atoms with Crippen LogP contribution in [0.2, 0.25) is 0 Å². The lowest BCUT2D eigenvalue weighted by atomic mass is 10.1. The number of carbonyl (C=O) groups is 1. The number of halogens is 1. The van der Waals surface area contributed by atoms with Crippen molar-refractivity contribution < 1.29 is 9.18 Å². The van der Waals surface area contributed by atoms with Gasteiger partial charge in [-0.15, -0.1) is 11.3 Å². The average Bonchev–Trinajstić information content (AvgIpc) is 2.85. The number of hydrogen-bond acceptors (Lipinski definition) is 4. The topological polar surface area (TPSA) is 54.9 Å². The number of aryl methyl sites for hydroxylation is 4. The molecule has 1 N–H and O–H groups in total. The molecule has 3 aromatic rings. The summed E-state index contributed by atoms with van der Waals surface area (Å²) in [6.07, 6.45) is 0. The van der Waals surface area contributed by atoms with Gasteiger partial charge in [-0.3, -0.25) is 4.79 Å². The molecule has 0 unspecified atom stereocenters. The second-order valence-corrected chi connectivity index (χ2v) is 6.86. The number of hydrogen-bond donors (Lipinski definition) is 1. The first-order chi connectivity index (χ1) is 11.4. The fourth-order valence-electron chi connectivity index (χ4n) is 2.77. The molecule has 1 aromatic carbocycles. The van der Waals surface area contributed by atoms with Gasteiger partial charge in [0.05, 0.1) is 4.88 Å². The Kier molecular flexibility index (Phi) is 4.32. The van der Waals surface area contributed by atoms with Gasteiger partial charge in [0.15, 0.2) is 0 Å². The standard InChI is InChI=1S/C18H18FN3OS/c1-9-7-13(5-6-14(9)19)8-20-17(23)16-10(2)15-11(3)21-12(4)22-18(15)24-16/h5-7H,8H2,1-4H3,(H,20,23). The van der Waals surface area contributed by atoms with Crippen LogP contribution in [0.5, 0.6) is 0 Å². The van der Waals surface area contributed by atoms with Gasteiger partial charge in [0.1, 0.15) is 16.5 Å². The second kappa shape index (κ2) is 6.28. The van der Waals surface area contributed by atoms with E-state index < -0.39 is 0 Å². The summed E-state index contributed by atoms with van der Waals surface area (Å²) in [5.74, 6) is 0.319. The van der Waals surface area contributed by atoms with Crippen LogP contribution in [0.25, 0.3) is 10.2 Å². The molecular weight excluding hydrogens is 325 g/mol. The van der Waals surface area contributed by atoms with E-state index in [1.165, 1.54) is 17.4 Å². The van der Waals surface area contributed by atoms with E-state index in [9.17, 15) is 9.18 Å². The largest absolute Gasteiger partial charge is 0.347 e. The molecule has 124 valence electrons. The van der Waals surface area contributed by atoms with Gasteiger partial charge >= 0.3 is 0 Å². The zero-order valence-corrected chi connectivity index (χ0v) is 14.8. The van der Waals surface area contributed by atoms with Gasteiger partial charge in [0.25, 0.3) is 5.91 Å². The number of rotatable bonds is 3. The fourth-order valence-corrected chi connectivity index (χ4v) is 3.96. The second-order valence-electron chi connectivity index (χ2n) is 5.86. The number of carbonyl (C=O) groups excluding carboxylic acids is 1. The van der Waals surface area contributed by atoms with Crippen molar-refractivity contribution in [3.63, 3.8) is 0 Å². The highest BCUT2D eigenvalue weighted by molar-refractivity contribution is 7.20. The Morgan fingerprint density at radius 2 is 1.96 bits per heavy atom. The van der Waals surface area contributed by atoms with Gasteiger partial charge in [-0.2, -0.15) is 0 Å². The Balaban J connectivity index is 1.85. The minimum Gasteiger partial charge on any atom is -0.347 e. The Hall–Kier alpha value is -2.34. The van der Waals surface area contributed by atoms with Crippen LogP contribution in [0, 0.1) is 33.5 Å². The summed E-state index contributed by atoms with van der Waals surface area (Å²) in [7, 11) is 0. The third-order valence-corrected chi connectivity index (χ3v) is 5.15. The van der Waals surface area contributed by atoms with Crippen LogP contribution >= 0.6 is 11.3 Å². The van der Waals surface area contributed by atoms with Crippen LogP contribution in [-0.4, -0.2) is 15.9 Å². The molecule has 3 rings (SSSR count). The third-order valence-electron chi connectivity index (χ3n) is 3.96. The van der Waals surface area contributed by atoms with E-state index in [0.29, 0.717) is 22.8 Å². The van der Waals surface area contributed by atoms with Crippen molar-refractivity contribution in [1.29, 1.82) is 0 Å². The Morgan fingerprint density at radius 3 is 2.67 bits per heavy atom. The average molecular weight is 343 g/mol. The van der Waals surface area contributed by atoms with Gasteiger partial charge in [0.2, 0.25) is 0 Å². The van der Waals surface area contributed by atoms with Crippen LogP contribution in [0.4, 0.5) is 4.39 Å². The lowest BCUT2D eigenvalue weighted by molar-refractivity contribution is 0.0954. The van der Waals surface area contributed by atoms with Gasteiger partial charge in [-0.05, 0) is 50.5 Å². The molecule has 4 nitrogen and oxygen atoms in total. The maximum atomic E-state index is 13.3. The lowest BCUT2D eigenvalue weighted by Gasteiger charge is -2.06. The monoisotopic (exact) mass is 343 g/mol. The number of nitrogens with zero attached hydrogens (tertiary/aromatic N) is 2. The minimum absolute atomic E-state index is 0.144. The molecule has 0 bridgehead atoms. The maximum Gasteiger partial charge on any atom is 0.261 e. The Labute approximate surface area is 143 Å². The van der Waals surface area contributed by atoms with Crippen molar-refractivity contribution in [2.45, 2.75) is 34.2 Å². The van der Waals surface area contributed by atoms with Crippen molar-refractivity contribution in [3.05, 3.63) is 57.1 Å². The summed E-state index contributed by atoms with van der Waals surface area (Å²) in [5, 5.41) is 3.85. The van der Waals surface area contributed by atoms with Gasteiger partial charge in [0, 0.05) is 17.6 Å². The predicted molar refractivity (Wildman–Crippen MR) is 93.9 cm³/mol. The van der Waals surface area contributed by atoms with Crippen molar-refractivity contribution >= 4 is 27.5 Å². The number of fused-ring (bicyclic) bond motifs is 1. The van der Waals surface area contributed by atoms with E-state index in [2.05, 4.69) is 15.3 Å². The van der Waals surface area contributed by atoms with E-state index in [1.54, 1.807) is 19.1 Å². The summed E-state index contributed by atoms with van der Waals surface area (Å²) < 4.78 is 13.3. The third kappa shape index (κ3) is 3.01.